The van der Waals surface area contributed by atoms with Crippen molar-refractivity contribution >= 4 is 10.0 Å². The molecular formula is C17H24N3O4S+. The molecule has 1 aromatic heterocycles. The number of quaternary nitrogens is 1. The lowest BCUT2D eigenvalue weighted by Gasteiger charge is -2.24. The molecule has 0 unspecified atom stereocenters. The number of nitrogens with zero attached hydrogens (tertiary/aromatic N) is 1. The maximum Gasteiger partial charge on any atom is 0.246 e. The van der Waals surface area contributed by atoms with Gasteiger partial charge in [-0.3, -0.25) is 0 Å². The molecule has 0 saturated carbocycles. The van der Waals surface area contributed by atoms with Gasteiger partial charge in [0.15, 0.2) is 5.76 Å². The van der Waals surface area contributed by atoms with E-state index in [4.69, 9.17) is 9.26 Å². The minimum absolute atomic E-state index is 0.129. The highest BCUT2D eigenvalue weighted by Crippen LogP contribution is 2.19. The van der Waals surface area contributed by atoms with E-state index in [0.717, 1.165) is 44.0 Å². The lowest BCUT2D eigenvalue weighted by atomic mass is 10.1. The van der Waals surface area contributed by atoms with Crippen molar-refractivity contribution in [2.45, 2.75) is 31.8 Å². The van der Waals surface area contributed by atoms with E-state index in [-0.39, 0.29) is 11.4 Å². The van der Waals surface area contributed by atoms with Crippen LogP contribution in [-0.4, -0.2) is 39.9 Å². The smallest absolute Gasteiger partial charge is 0.246 e. The summed E-state index contributed by atoms with van der Waals surface area (Å²) >= 11 is 0. The monoisotopic (exact) mass is 366 g/mol. The number of morpholine rings is 1. The average Bonchev–Trinajstić information content (AvgIpc) is 2.94. The van der Waals surface area contributed by atoms with E-state index < -0.39 is 10.0 Å². The average molecular weight is 366 g/mol. The topological polar surface area (TPSA) is 85.9 Å². The van der Waals surface area contributed by atoms with E-state index in [2.05, 4.69) is 15.9 Å². The number of sulfonamides is 1. The van der Waals surface area contributed by atoms with E-state index in [1.807, 2.05) is 18.2 Å². The third-order valence-corrected chi connectivity index (χ3v) is 6.09. The number of rotatable bonds is 6. The Morgan fingerprint density at radius 3 is 2.48 bits per heavy atom. The van der Waals surface area contributed by atoms with Gasteiger partial charge in [-0.2, -0.15) is 0 Å². The van der Waals surface area contributed by atoms with Crippen LogP contribution < -0.4 is 9.62 Å². The van der Waals surface area contributed by atoms with Gasteiger partial charge in [0.05, 0.1) is 13.2 Å². The first-order chi connectivity index (χ1) is 12.0. The minimum Gasteiger partial charge on any atom is -0.370 e. The molecule has 1 aliphatic rings. The van der Waals surface area contributed by atoms with Crippen LogP contribution >= 0.6 is 0 Å². The molecule has 0 amide bonds. The zero-order valence-corrected chi connectivity index (χ0v) is 15.4. The van der Waals surface area contributed by atoms with Gasteiger partial charge >= 0.3 is 0 Å². The van der Waals surface area contributed by atoms with Crippen molar-refractivity contribution in [1.29, 1.82) is 0 Å². The van der Waals surface area contributed by atoms with Crippen LogP contribution in [-0.2, 0) is 27.8 Å². The Labute approximate surface area is 148 Å². The summed E-state index contributed by atoms with van der Waals surface area (Å²) < 4.78 is 38.2. The first-order valence-electron chi connectivity index (χ1n) is 8.38. The van der Waals surface area contributed by atoms with Gasteiger partial charge < -0.3 is 14.2 Å². The zero-order chi connectivity index (χ0) is 17.9. The summed E-state index contributed by atoms with van der Waals surface area (Å²) in [5.74, 6) is 0.302. The summed E-state index contributed by atoms with van der Waals surface area (Å²) in [4.78, 5) is 1.58. The Kier molecular flexibility index (Phi) is 5.53. The molecule has 0 spiro atoms. The standard InChI is InChI=1S/C17H23N3O4S/c1-13-17(14(2)24-19-13)25(21,22)18-11-15-5-3-4-6-16(15)12-20-7-9-23-10-8-20/h3-6,18H,7-12H2,1-2H3/p+1. The lowest BCUT2D eigenvalue weighted by molar-refractivity contribution is -0.921. The maximum absolute atomic E-state index is 12.6. The molecule has 0 aliphatic carbocycles. The number of aromatic nitrogens is 1. The van der Waals surface area contributed by atoms with Gasteiger partial charge in [-0.05, 0) is 19.4 Å². The van der Waals surface area contributed by atoms with E-state index in [1.165, 1.54) is 4.90 Å². The second-order valence-electron chi connectivity index (χ2n) is 6.29. The van der Waals surface area contributed by atoms with Crippen LogP contribution in [0.2, 0.25) is 0 Å². The summed E-state index contributed by atoms with van der Waals surface area (Å²) in [6.45, 7) is 7.83. The predicted octanol–water partition coefficient (Wildman–Crippen LogP) is 0.185. The third kappa shape index (κ3) is 4.27. The molecule has 2 aromatic rings. The summed E-state index contributed by atoms with van der Waals surface area (Å²) in [7, 11) is -3.66. The summed E-state index contributed by atoms with van der Waals surface area (Å²) in [6, 6.07) is 7.94. The molecule has 1 saturated heterocycles. The molecule has 2 N–H and O–H groups in total. The number of benzene rings is 1. The van der Waals surface area contributed by atoms with Crippen LogP contribution in [0.25, 0.3) is 0 Å². The highest BCUT2D eigenvalue weighted by atomic mass is 32.2. The molecule has 25 heavy (non-hydrogen) atoms. The molecule has 8 heteroatoms. The molecule has 2 heterocycles. The van der Waals surface area contributed by atoms with E-state index in [1.54, 1.807) is 13.8 Å². The summed E-state index contributed by atoms with van der Waals surface area (Å²) in [5, 5.41) is 3.72. The van der Waals surface area contributed by atoms with Crippen LogP contribution in [0, 0.1) is 13.8 Å². The fourth-order valence-corrected chi connectivity index (χ4v) is 4.44. The van der Waals surface area contributed by atoms with Crippen molar-refractivity contribution in [1.82, 2.24) is 9.88 Å². The van der Waals surface area contributed by atoms with E-state index in [9.17, 15) is 8.42 Å². The Morgan fingerprint density at radius 1 is 1.16 bits per heavy atom. The molecule has 7 nitrogen and oxygen atoms in total. The SMILES string of the molecule is Cc1noc(C)c1S(=O)(=O)NCc1ccccc1C[NH+]1CCOCC1. The Hall–Kier alpha value is -1.74. The molecule has 1 aromatic carbocycles. The van der Waals surface area contributed by atoms with Gasteiger partial charge in [-0.15, -0.1) is 0 Å². The minimum atomic E-state index is -3.66. The normalized spacial score (nSPS) is 16.2. The number of aryl methyl sites for hydroxylation is 2. The fraction of sp³-hybridized carbons (Fsp3) is 0.471. The third-order valence-electron chi connectivity index (χ3n) is 4.45. The first-order valence-corrected chi connectivity index (χ1v) is 9.86. The fourth-order valence-electron chi connectivity index (χ4n) is 3.11. The second-order valence-corrected chi connectivity index (χ2v) is 7.99. The van der Waals surface area contributed by atoms with Gasteiger partial charge in [0.2, 0.25) is 10.0 Å². The van der Waals surface area contributed by atoms with Crippen LogP contribution in [0.3, 0.4) is 0 Å². The van der Waals surface area contributed by atoms with Crippen molar-refractivity contribution in [3.63, 3.8) is 0 Å². The van der Waals surface area contributed by atoms with Gasteiger partial charge in [-0.25, -0.2) is 13.1 Å². The lowest BCUT2D eigenvalue weighted by Crippen LogP contribution is -3.12. The molecule has 3 rings (SSSR count). The van der Waals surface area contributed by atoms with Gasteiger partial charge in [0, 0.05) is 12.1 Å². The molecule has 136 valence electrons. The maximum atomic E-state index is 12.6. The Morgan fingerprint density at radius 2 is 1.84 bits per heavy atom. The first kappa shape index (κ1) is 18.1. The second kappa shape index (κ2) is 7.65. The molecule has 1 fully saturated rings. The van der Waals surface area contributed by atoms with Gasteiger partial charge in [0.1, 0.15) is 30.2 Å². The van der Waals surface area contributed by atoms with E-state index in [0.29, 0.717) is 11.5 Å². The van der Waals surface area contributed by atoms with Crippen LogP contribution in [0.15, 0.2) is 33.7 Å². The van der Waals surface area contributed by atoms with Crippen molar-refractivity contribution in [3.8, 4) is 0 Å². The molecule has 0 bridgehead atoms. The van der Waals surface area contributed by atoms with E-state index >= 15 is 0 Å². The van der Waals surface area contributed by atoms with Crippen molar-refractivity contribution < 1.29 is 22.6 Å². The van der Waals surface area contributed by atoms with Crippen molar-refractivity contribution in [3.05, 3.63) is 46.8 Å². The zero-order valence-electron chi connectivity index (χ0n) is 14.5. The number of ether oxygens (including phenoxy) is 1. The number of nitrogens with one attached hydrogen (secondary N) is 2. The molecule has 0 atom stereocenters. The highest BCUT2D eigenvalue weighted by molar-refractivity contribution is 7.89. The Balaban J connectivity index is 1.73. The number of hydrogen-bond donors (Lipinski definition) is 2. The molecular weight excluding hydrogens is 342 g/mol. The number of hydrogen-bond acceptors (Lipinski definition) is 5. The van der Waals surface area contributed by atoms with Gasteiger partial charge in [0.25, 0.3) is 0 Å². The van der Waals surface area contributed by atoms with Crippen molar-refractivity contribution in [2.75, 3.05) is 26.3 Å². The summed E-state index contributed by atoms with van der Waals surface area (Å²) in [6.07, 6.45) is 0. The van der Waals surface area contributed by atoms with Crippen molar-refractivity contribution in [2.24, 2.45) is 0 Å². The largest absolute Gasteiger partial charge is 0.370 e. The summed E-state index contributed by atoms with van der Waals surface area (Å²) in [5.41, 5.74) is 2.51. The van der Waals surface area contributed by atoms with Crippen LogP contribution in [0.1, 0.15) is 22.6 Å². The predicted molar refractivity (Wildman–Crippen MR) is 91.7 cm³/mol. The van der Waals surface area contributed by atoms with Gasteiger partial charge in [-0.1, -0.05) is 29.4 Å². The van der Waals surface area contributed by atoms with Crippen LogP contribution in [0.4, 0.5) is 0 Å². The molecule has 0 radical (unpaired) electrons. The Bertz CT molecular complexity index is 807. The van der Waals surface area contributed by atoms with Crippen LogP contribution in [0.5, 0.6) is 0 Å². The quantitative estimate of drug-likeness (QED) is 0.762. The molecule has 1 aliphatic heterocycles. The highest BCUT2D eigenvalue weighted by Gasteiger charge is 2.24.